The average Bonchev–Trinajstić information content (AvgIpc) is 2.83. The van der Waals surface area contributed by atoms with Crippen LogP contribution in [0, 0.1) is 5.92 Å². The number of benzene rings is 1. The van der Waals surface area contributed by atoms with Gasteiger partial charge in [-0.25, -0.2) is 0 Å². The molecule has 1 aromatic carbocycles. The van der Waals surface area contributed by atoms with E-state index in [9.17, 15) is 0 Å². The molecule has 1 aliphatic heterocycles. The second-order valence-electron chi connectivity index (χ2n) is 5.73. The van der Waals surface area contributed by atoms with E-state index < -0.39 is 0 Å². The predicted octanol–water partition coefficient (Wildman–Crippen LogP) is 3.49. The first kappa shape index (κ1) is 13.4. The van der Waals surface area contributed by atoms with Gasteiger partial charge in [-0.2, -0.15) is 0 Å². The maximum Gasteiger partial charge on any atom is 0.123 e. The van der Waals surface area contributed by atoms with Crippen LogP contribution in [-0.2, 0) is 13.0 Å². The third kappa shape index (κ3) is 3.49. The van der Waals surface area contributed by atoms with Gasteiger partial charge in [0, 0.05) is 12.1 Å². The smallest absolute Gasteiger partial charge is 0.123 e. The zero-order chi connectivity index (χ0) is 13.0. The van der Waals surface area contributed by atoms with Crippen LogP contribution in [-0.4, -0.2) is 25.1 Å². The number of ether oxygens (including phenoxy) is 1. The molecule has 1 aliphatic rings. The summed E-state index contributed by atoms with van der Waals surface area (Å²) >= 11 is 0. The van der Waals surface area contributed by atoms with Crippen molar-refractivity contribution < 1.29 is 4.74 Å². The van der Waals surface area contributed by atoms with Gasteiger partial charge in [0.25, 0.3) is 0 Å². The maximum absolute atomic E-state index is 5.55. The summed E-state index contributed by atoms with van der Waals surface area (Å²) in [5, 5.41) is 0. The second-order valence-corrected chi connectivity index (χ2v) is 5.73. The fourth-order valence-electron chi connectivity index (χ4n) is 2.70. The van der Waals surface area contributed by atoms with Crippen molar-refractivity contribution in [3.8, 4) is 5.75 Å². The van der Waals surface area contributed by atoms with Crippen molar-refractivity contribution >= 4 is 0 Å². The highest BCUT2D eigenvalue weighted by Gasteiger charge is 2.14. The van der Waals surface area contributed by atoms with E-state index in [-0.39, 0.29) is 0 Å². The molecule has 0 radical (unpaired) electrons. The molecule has 0 spiro atoms. The molecule has 0 bridgehead atoms. The molecule has 1 aromatic rings. The van der Waals surface area contributed by atoms with E-state index in [1.165, 1.54) is 37.1 Å². The molecular weight excluding hydrogens is 222 g/mol. The van der Waals surface area contributed by atoms with Crippen LogP contribution < -0.4 is 4.74 Å². The van der Waals surface area contributed by atoms with Gasteiger partial charge in [-0.15, -0.1) is 0 Å². The van der Waals surface area contributed by atoms with Crippen molar-refractivity contribution in [1.82, 2.24) is 4.90 Å². The molecule has 0 aromatic heterocycles. The van der Waals surface area contributed by atoms with Crippen molar-refractivity contribution in [3.05, 3.63) is 29.3 Å². The second kappa shape index (κ2) is 6.24. The Morgan fingerprint density at radius 3 is 2.56 bits per heavy atom. The summed E-state index contributed by atoms with van der Waals surface area (Å²) in [6.07, 6.45) is 3.81. The zero-order valence-electron chi connectivity index (χ0n) is 11.9. The van der Waals surface area contributed by atoms with Gasteiger partial charge in [-0.05, 0) is 49.9 Å². The minimum absolute atomic E-state index is 0.694. The molecule has 0 aliphatic carbocycles. The largest absolute Gasteiger partial charge is 0.496 e. The molecule has 1 saturated heterocycles. The first-order valence-electron chi connectivity index (χ1n) is 7.07. The van der Waals surface area contributed by atoms with E-state index in [2.05, 4.69) is 36.9 Å². The molecule has 0 amide bonds. The molecule has 1 heterocycles. The normalized spacial score (nSPS) is 16.4. The van der Waals surface area contributed by atoms with Crippen LogP contribution in [0.25, 0.3) is 0 Å². The Hall–Kier alpha value is -1.02. The maximum atomic E-state index is 5.55. The van der Waals surface area contributed by atoms with Gasteiger partial charge in [0.1, 0.15) is 5.75 Å². The molecular formula is C16H25NO. The molecule has 2 heteroatoms. The van der Waals surface area contributed by atoms with E-state index >= 15 is 0 Å². The first-order chi connectivity index (χ1) is 8.69. The Morgan fingerprint density at radius 1 is 1.22 bits per heavy atom. The van der Waals surface area contributed by atoms with E-state index in [4.69, 9.17) is 4.74 Å². The summed E-state index contributed by atoms with van der Waals surface area (Å²) in [7, 11) is 1.78. The highest BCUT2D eigenvalue weighted by molar-refractivity contribution is 5.37. The molecule has 2 rings (SSSR count). The molecule has 0 N–H and O–H groups in total. The fraction of sp³-hybridized carbons (Fsp3) is 0.625. The van der Waals surface area contributed by atoms with E-state index in [1.807, 2.05) is 0 Å². The lowest BCUT2D eigenvalue weighted by molar-refractivity contribution is 0.320. The summed E-state index contributed by atoms with van der Waals surface area (Å²) in [4.78, 5) is 2.51. The Bertz CT molecular complexity index is 381. The zero-order valence-corrected chi connectivity index (χ0v) is 11.9. The molecule has 2 nitrogen and oxygen atoms in total. The third-order valence-electron chi connectivity index (χ3n) is 3.59. The topological polar surface area (TPSA) is 12.5 Å². The monoisotopic (exact) mass is 247 g/mol. The SMILES string of the molecule is COc1cc(CC(C)C)ccc1CN1CCCC1. The molecule has 0 unspecified atom stereocenters. The molecule has 0 atom stereocenters. The standard InChI is InChI=1S/C16H25NO/c1-13(2)10-14-6-7-15(16(11-14)18-3)12-17-8-4-5-9-17/h6-7,11,13H,4-5,8-10,12H2,1-3H3. The Labute approximate surface area is 111 Å². The first-order valence-corrected chi connectivity index (χ1v) is 7.07. The van der Waals surface area contributed by atoms with E-state index in [1.54, 1.807) is 7.11 Å². The molecule has 1 fully saturated rings. The molecule has 18 heavy (non-hydrogen) atoms. The lowest BCUT2D eigenvalue weighted by Crippen LogP contribution is -2.18. The lowest BCUT2D eigenvalue weighted by atomic mass is 10.0. The van der Waals surface area contributed by atoms with Crippen molar-refractivity contribution in [2.45, 2.75) is 39.7 Å². The minimum Gasteiger partial charge on any atom is -0.496 e. The van der Waals surface area contributed by atoms with Crippen molar-refractivity contribution in [1.29, 1.82) is 0 Å². The quantitative estimate of drug-likeness (QED) is 0.789. The van der Waals surface area contributed by atoms with Gasteiger partial charge in [0.2, 0.25) is 0 Å². The number of hydrogen-bond acceptors (Lipinski definition) is 2. The van der Waals surface area contributed by atoms with Crippen molar-refractivity contribution in [2.75, 3.05) is 20.2 Å². The minimum atomic E-state index is 0.694. The van der Waals surface area contributed by atoms with Gasteiger partial charge in [-0.3, -0.25) is 4.90 Å². The Kier molecular flexibility index (Phi) is 4.65. The van der Waals surface area contributed by atoms with Crippen molar-refractivity contribution in [2.24, 2.45) is 5.92 Å². The van der Waals surface area contributed by atoms with Crippen LogP contribution in [0.1, 0.15) is 37.8 Å². The van der Waals surface area contributed by atoms with E-state index in [0.29, 0.717) is 5.92 Å². The van der Waals surface area contributed by atoms with Gasteiger partial charge in [0.05, 0.1) is 7.11 Å². The van der Waals surface area contributed by atoms with Crippen LogP contribution in [0.15, 0.2) is 18.2 Å². The van der Waals surface area contributed by atoms with Crippen LogP contribution in [0.2, 0.25) is 0 Å². The Balaban J connectivity index is 2.09. The van der Waals surface area contributed by atoms with Gasteiger partial charge >= 0.3 is 0 Å². The Morgan fingerprint density at radius 2 is 1.94 bits per heavy atom. The highest BCUT2D eigenvalue weighted by atomic mass is 16.5. The summed E-state index contributed by atoms with van der Waals surface area (Å²) < 4.78 is 5.55. The number of rotatable bonds is 5. The highest BCUT2D eigenvalue weighted by Crippen LogP contribution is 2.24. The lowest BCUT2D eigenvalue weighted by Gasteiger charge is -2.18. The number of likely N-dealkylation sites (tertiary alicyclic amines) is 1. The van der Waals surface area contributed by atoms with Crippen LogP contribution in [0.4, 0.5) is 0 Å². The predicted molar refractivity (Wildman–Crippen MR) is 76.0 cm³/mol. The van der Waals surface area contributed by atoms with Gasteiger partial charge in [-0.1, -0.05) is 26.0 Å². The van der Waals surface area contributed by atoms with Crippen LogP contribution in [0.5, 0.6) is 5.75 Å². The van der Waals surface area contributed by atoms with Gasteiger partial charge in [0.15, 0.2) is 0 Å². The number of hydrogen-bond donors (Lipinski definition) is 0. The third-order valence-corrected chi connectivity index (χ3v) is 3.59. The summed E-state index contributed by atoms with van der Waals surface area (Å²) in [6, 6.07) is 6.72. The van der Waals surface area contributed by atoms with Crippen LogP contribution >= 0.6 is 0 Å². The molecule has 100 valence electrons. The van der Waals surface area contributed by atoms with Gasteiger partial charge < -0.3 is 4.74 Å². The molecule has 0 saturated carbocycles. The summed E-state index contributed by atoms with van der Waals surface area (Å²) in [5.74, 6) is 1.75. The number of methoxy groups -OCH3 is 1. The summed E-state index contributed by atoms with van der Waals surface area (Å²) in [5.41, 5.74) is 2.71. The van der Waals surface area contributed by atoms with Crippen molar-refractivity contribution in [3.63, 3.8) is 0 Å². The summed E-state index contributed by atoms with van der Waals surface area (Å²) in [6.45, 7) is 8.01. The fourth-order valence-corrected chi connectivity index (χ4v) is 2.70. The average molecular weight is 247 g/mol. The van der Waals surface area contributed by atoms with Crippen LogP contribution in [0.3, 0.4) is 0 Å². The number of nitrogens with zero attached hydrogens (tertiary/aromatic N) is 1. The van der Waals surface area contributed by atoms with E-state index in [0.717, 1.165) is 18.7 Å².